The number of carbonyl (C=O) groups excluding carboxylic acids is 3. The molecule has 6 nitrogen and oxygen atoms in total. The van der Waals surface area contributed by atoms with Crippen molar-refractivity contribution in [1.82, 2.24) is 10.2 Å². The van der Waals surface area contributed by atoms with Crippen molar-refractivity contribution in [3.05, 3.63) is 35.4 Å². The van der Waals surface area contributed by atoms with Crippen molar-refractivity contribution in [2.75, 3.05) is 13.1 Å². The molecule has 1 aliphatic heterocycles. The monoisotopic (exact) mass is 467 g/mol. The van der Waals surface area contributed by atoms with Gasteiger partial charge in [0.25, 0.3) is 5.91 Å². The van der Waals surface area contributed by atoms with Crippen molar-refractivity contribution >= 4 is 23.8 Å². The van der Waals surface area contributed by atoms with E-state index in [4.69, 9.17) is 5.41 Å². The number of alkyl halides is 3. The molecule has 0 aromatic heterocycles. The Hall–Kier alpha value is -2.71. The van der Waals surface area contributed by atoms with Gasteiger partial charge in [0.05, 0.1) is 5.41 Å². The summed E-state index contributed by atoms with van der Waals surface area (Å²) in [4.78, 5) is 38.5. The van der Waals surface area contributed by atoms with E-state index >= 15 is 0 Å². The van der Waals surface area contributed by atoms with E-state index in [1.165, 1.54) is 12.1 Å². The number of benzene rings is 1. The van der Waals surface area contributed by atoms with Gasteiger partial charge in [0.2, 0.25) is 5.91 Å². The van der Waals surface area contributed by atoms with Crippen molar-refractivity contribution in [2.24, 2.45) is 11.3 Å². The van der Waals surface area contributed by atoms with Crippen LogP contribution in [0.3, 0.4) is 0 Å². The fourth-order valence-electron chi connectivity index (χ4n) is 4.10. The Morgan fingerprint density at radius 2 is 1.70 bits per heavy atom. The second kappa shape index (κ2) is 10.9. The zero-order valence-corrected chi connectivity index (χ0v) is 19.3. The first-order valence-corrected chi connectivity index (χ1v) is 11.1. The van der Waals surface area contributed by atoms with Gasteiger partial charge in [0.1, 0.15) is 6.29 Å². The number of likely N-dealkylation sites (tertiary alicyclic amines) is 1. The zero-order valence-electron chi connectivity index (χ0n) is 19.3. The Bertz CT molecular complexity index is 858. The standard InChI is InChI=1S/C24H32F3N3O3/c1-16(28)18-4-6-19(7-5-18)21(32)29-20(8-12-24(25,26)27)23(2,3)22(33)30-13-9-17(10-14-30)11-15-31/h4-7,15,17,20,28H,8-14H2,1-3H3,(H,29,32). The lowest BCUT2D eigenvalue weighted by atomic mass is 9.79. The number of hydrogen-bond donors (Lipinski definition) is 2. The lowest BCUT2D eigenvalue weighted by Crippen LogP contribution is -2.55. The summed E-state index contributed by atoms with van der Waals surface area (Å²) in [6.45, 7) is 5.61. The normalized spacial score (nSPS) is 16.2. The Labute approximate surface area is 192 Å². The lowest BCUT2D eigenvalue weighted by molar-refractivity contribution is -0.148. The smallest absolute Gasteiger partial charge is 0.348 e. The predicted molar refractivity (Wildman–Crippen MR) is 119 cm³/mol. The van der Waals surface area contributed by atoms with E-state index in [9.17, 15) is 27.6 Å². The molecule has 1 heterocycles. The van der Waals surface area contributed by atoms with Gasteiger partial charge in [-0.15, -0.1) is 0 Å². The molecule has 1 saturated heterocycles. The number of nitrogens with one attached hydrogen (secondary N) is 2. The lowest BCUT2D eigenvalue weighted by Gasteiger charge is -2.40. The quantitative estimate of drug-likeness (QED) is 0.417. The van der Waals surface area contributed by atoms with Crippen LogP contribution in [0.2, 0.25) is 0 Å². The fraction of sp³-hybridized carbons (Fsp3) is 0.583. The molecule has 9 heteroatoms. The summed E-state index contributed by atoms with van der Waals surface area (Å²) in [7, 11) is 0. The molecule has 33 heavy (non-hydrogen) atoms. The van der Waals surface area contributed by atoms with Crippen LogP contribution >= 0.6 is 0 Å². The average Bonchev–Trinajstić information content (AvgIpc) is 2.76. The minimum Gasteiger partial charge on any atom is -0.348 e. The summed E-state index contributed by atoms with van der Waals surface area (Å²) in [5.74, 6) is -0.667. The van der Waals surface area contributed by atoms with Crippen LogP contribution in [0.25, 0.3) is 0 Å². The second-order valence-corrected chi connectivity index (χ2v) is 9.24. The van der Waals surface area contributed by atoms with Crippen LogP contribution in [-0.4, -0.2) is 54.0 Å². The van der Waals surface area contributed by atoms with Gasteiger partial charge >= 0.3 is 6.18 Å². The summed E-state index contributed by atoms with van der Waals surface area (Å²) in [6, 6.07) is 5.19. The molecule has 2 rings (SSSR count). The first-order chi connectivity index (χ1) is 15.3. The van der Waals surface area contributed by atoms with E-state index in [2.05, 4.69) is 5.32 Å². The summed E-state index contributed by atoms with van der Waals surface area (Å²) >= 11 is 0. The van der Waals surface area contributed by atoms with Gasteiger partial charge in [0, 0.05) is 43.2 Å². The Kier molecular flexibility index (Phi) is 8.80. The average molecular weight is 468 g/mol. The van der Waals surface area contributed by atoms with E-state index in [1.54, 1.807) is 37.8 Å². The summed E-state index contributed by atoms with van der Waals surface area (Å²) in [5, 5.41) is 10.3. The number of nitrogens with zero attached hydrogens (tertiary/aromatic N) is 1. The third-order valence-electron chi connectivity index (χ3n) is 6.36. The fourth-order valence-corrected chi connectivity index (χ4v) is 4.10. The van der Waals surface area contributed by atoms with E-state index in [0.29, 0.717) is 43.6 Å². The SMILES string of the molecule is CC(=N)c1ccc(C(=O)NC(CCC(F)(F)F)C(C)(C)C(=O)N2CCC(CC=O)CC2)cc1. The molecule has 0 aliphatic carbocycles. The van der Waals surface area contributed by atoms with E-state index < -0.39 is 36.4 Å². The van der Waals surface area contributed by atoms with E-state index in [0.717, 1.165) is 6.29 Å². The van der Waals surface area contributed by atoms with E-state index in [-0.39, 0.29) is 17.4 Å². The maximum absolute atomic E-state index is 13.3. The maximum atomic E-state index is 13.3. The molecule has 1 unspecified atom stereocenters. The molecule has 2 amide bonds. The van der Waals surface area contributed by atoms with Crippen LogP contribution in [0.15, 0.2) is 24.3 Å². The first-order valence-electron chi connectivity index (χ1n) is 11.1. The summed E-state index contributed by atoms with van der Waals surface area (Å²) in [5.41, 5.74) is -0.0542. The molecule has 0 bridgehead atoms. The molecule has 1 aromatic carbocycles. The highest BCUT2D eigenvalue weighted by Gasteiger charge is 2.43. The third-order valence-corrected chi connectivity index (χ3v) is 6.36. The molecule has 182 valence electrons. The van der Waals surface area contributed by atoms with Gasteiger partial charge in [-0.2, -0.15) is 13.2 Å². The predicted octanol–water partition coefficient (Wildman–Crippen LogP) is 4.37. The van der Waals surface area contributed by atoms with Crippen LogP contribution < -0.4 is 5.32 Å². The van der Waals surface area contributed by atoms with Gasteiger partial charge in [-0.3, -0.25) is 9.59 Å². The molecule has 0 radical (unpaired) electrons. The van der Waals surface area contributed by atoms with Crippen LogP contribution in [0.5, 0.6) is 0 Å². The molecular formula is C24H32F3N3O3. The van der Waals surface area contributed by atoms with Crippen molar-refractivity contribution < 1.29 is 27.6 Å². The van der Waals surface area contributed by atoms with Crippen molar-refractivity contribution in [3.8, 4) is 0 Å². The highest BCUT2D eigenvalue weighted by Crippen LogP contribution is 2.33. The van der Waals surface area contributed by atoms with Gasteiger partial charge in [-0.25, -0.2) is 0 Å². The highest BCUT2D eigenvalue weighted by atomic mass is 19.4. The van der Waals surface area contributed by atoms with Crippen molar-refractivity contribution in [1.29, 1.82) is 5.41 Å². The van der Waals surface area contributed by atoms with Gasteiger partial charge in [0.15, 0.2) is 0 Å². The largest absolute Gasteiger partial charge is 0.389 e. The second-order valence-electron chi connectivity index (χ2n) is 9.24. The molecule has 0 spiro atoms. The number of carbonyl (C=O) groups is 3. The number of amides is 2. The third kappa shape index (κ3) is 7.40. The van der Waals surface area contributed by atoms with Crippen LogP contribution in [0.4, 0.5) is 13.2 Å². The van der Waals surface area contributed by atoms with Crippen molar-refractivity contribution in [3.63, 3.8) is 0 Å². The molecule has 1 aliphatic rings. The number of hydrogen-bond acceptors (Lipinski definition) is 4. The topological polar surface area (TPSA) is 90.3 Å². The van der Waals surface area contributed by atoms with E-state index in [1.807, 2.05) is 0 Å². The number of piperidine rings is 1. The molecule has 1 atom stereocenters. The Balaban J connectivity index is 2.18. The highest BCUT2D eigenvalue weighted by molar-refractivity contribution is 5.99. The summed E-state index contributed by atoms with van der Waals surface area (Å²) in [6.07, 6.45) is -3.33. The first kappa shape index (κ1) is 26.5. The number of rotatable bonds is 9. The van der Waals surface area contributed by atoms with Crippen molar-refractivity contribution in [2.45, 2.75) is 65.1 Å². The van der Waals surface area contributed by atoms with Gasteiger partial charge < -0.3 is 20.4 Å². The molecule has 0 saturated carbocycles. The number of halogens is 3. The Morgan fingerprint density at radius 3 is 2.18 bits per heavy atom. The van der Waals surface area contributed by atoms with Gasteiger partial charge in [-0.05, 0) is 63.6 Å². The van der Waals surface area contributed by atoms with Gasteiger partial charge in [-0.1, -0.05) is 12.1 Å². The molecule has 2 N–H and O–H groups in total. The molecular weight excluding hydrogens is 435 g/mol. The maximum Gasteiger partial charge on any atom is 0.389 e. The summed E-state index contributed by atoms with van der Waals surface area (Å²) < 4.78 is 39.0. The zero-order chi connectivity index (χ0) is 24.8. The molecule has 1 fully saturated rings. The minimum absolute atomic E-state index is 0.211. The molecule has 1 aromatic rings. The minimum atomic E-state index is -4.42. The van der Waals surface area contributed by atoms with Crippen LogP contribution in [-0.2, 0) is 9.59 Å². The Morgan fingerprint density at radius 1 is 1.15 bits per heavy atom. The van der Waals surface area contributed by atoms with Crippen LogP contribution in [0, 0.1) is 16.7 Å². The van der Waals surface area contributed by atoms with Crippen LogP contribution in [0.1, 0.15) is 68.8 Å². The number of aldehydes is 1.